The molecule has 0 aliphatic carbocycles. The zero-order valence-corrected chi connectivity index (χ0v) is 17.3. The number of hydrogen-bond donors (Lipinski definition) is 1. The number of amides is 2. The van der Waals surface area contributed by atoms with E-state index in [2.05, 4.69) is 9.88 Å². The van der Waals surface area contributed by atoms with E-state index in [-0.39, 0.29) is 12.1 Å². The molecule has 156 valence electrons. The summed E-state index contributed by atoms with van der Waals surface area (Å²) < 4.78 is 18.2. The van der Waals surface area contributed by atoms with Crippen LogP contribution in [-0.2, 0) is 6.54 Å². The van der Waals surface area contributed by atoms with Gasteiger partial charge in [-0.3, -0.25) is 0 Å². The first-order valence-corrected chi connectivity index (χ1v) is 9.73. The quantitative estimate of drug-likeness (QED) is 0.690. The highest BCUT2D eigenvalue weighted by Gasteiger charge is 2.32. The molecule has 1 aromatic heterocycles. The van der Waals surface area contributed by atoms with Gasteiger partial charge in [-0.05, 0) is 54.1 Å². The molecular weight excluding hydrogens is 382 g/mol. The highest BCUT2D eigenvalue weighted by Crippen LogP contribution is 2.37. The SMILES string of the molecule is COc1ccc(NC(=O)N2CCn3cccc3[C@H]2c2ccc(OC)c(OC)c2)cc1. The first kappa shape index (κ1) is 19.7. The summed E-state index contributed by atoms with van der Waals surface area (Å²) in [6, 6.07) is 16.7. The minimum Gasteiger partial charge on any atom is -0.497 e. The molecule has 0 saturated carbocycles. The Morgan fingerprint density at radius 1 is 0.933 bits per heavy atom. The van der Waals surface area contributed by atoms with E-state index in [9.17, 15) is 4.79 Å². The van der Waals surface area contributed by atoms with E-state index in [4.69, 9.17) is 14.2 Å². The summed E-state index contributed by atoms with van der Waals surface area (Å²) in [5, 5.41) is 3.00. The fourth-order valence-electron chi connectivity index (χ4n) is 3.85. The standard InChI is InChI=1S/C23H25N3O4/c1-28-18-9-7-17(8-10-18)24-23(27)26-14-13-25-12-4-5-19(25)22(26)16-6-11-20(29-2)21(15-16)30-3/h4-12,15,22H,13-14H2,1-3H3,(H,24,27)/t22-/m1/s1. The van der Waals surface area contributed by atoms with Crippen LogP contribution in [0.2, 0.25) is 0 Å². The Morgan fingerprint density at radius 2 is 1.70 bits per heavy atom. The molecule has 0 saturated heterocycles. The van der Waals surface area contributed by atoms with Crippen LogP contribution in [0.3, 0.4) is 0 Å². The number of carbonyl (C=O) groups excluding carboxylic acids is 1. The fraction of sp³-hybridized carbons (Fsp3) is 0.261. The van der Waals surface area contributed by atoms with E-state index >= 15 is 0 Å². The average molecular weight is 407 g/mol. The molecule has 1 aliphatic heterocycles. The molecule has 0 bridgehead atoms. The Balaban J connectivity index is 1.67. The van der Waals surface area contributed by atoms with Crippen LogP contribution < -0.4 is 19.5 Å². The van der Waals surface area contributed by atoms with Gasteiger partial charge < -0.3 is 29.0 Å². The molecule has 4 rings (SSSR count). The zero-order valence-electron chi connectivity index (χ0n) is 17.3. The van der Waals surface area contributed by atoms with Gasteiger partial charge in [0.05, 0.1) is 27.4 Å². The topological polar surface area (TPSA) is 65.0 Å². The lowest BCUT2D eigenvalue weighted by atomic mass is 9.99. The van der Waals surface area contributed by atoms with Crippen molar-refractivity contribution in [3.8, 4) is 17.2 Å². The van der Waals surface area contributed by atoms with Crippen LogP contribution >= 0.6 is 0 Å². The number of anilines is 1. The molecule has 0 fully saturated rings. The summed E-state index contributed by atoms with van der Waals surface area (Å²) in [5.41, 5.74) is 2.73. The largest absolute Gasteiger partial charge is 0.497 e. The molecule has 2 heterocycles. The van der Waals surface area contributed by atoms with Crippen molar-refractivity contribution in [2.75, 3.05) is 33.2 Å². The lowest BCUT2D eigenvalue weighted by Gasteiger charge is -2.37. The van der Waals surface area contributed by atoms with E-state index in [0.29, 0.717) is 23.7 Å². The van der Waals surface area contributed by atoms with Crippen molar-refractivity contribution in [3.63, 3.8) is 0 Å². The van der Waals surface area contributed by atoms with Crippen molar-refractivity contribution in [2.24, 2.45) is 0 Å². The molecule has 1 atom stereocenters. The molecule has 0 spiro atoms. The molecule has 30 heavy (non-hydrogen) atoms. The van der Waals surface area contributed by atoms with Crippen LogP contribution in [0.5, 0.6) is 17.2 Å². The number of carbonyl (C=O) groups is 1. The first-order chi connectivity index (χ1) is 14.6. The number of nitrogens with zero attached hydrogens (tertiary/aromatic N) is 2. The molecule has 0 unspecified atom stereocenters. The number of nitrogens with one attached hydrogen (secondary N) is 1. The monoisotopic (exact) mass is 407 g/mol. The summed E-state index contributed by atoms with van der Waals surface area (Å²) in [7, 11) is 4.83. The lowest BCUT2D eigenvalue weighted by molar-refractivity contribution is 0.181. The highest BCUT2D eigenvalue weighted by molar-refractivity contribution is 5.90. The Morgan fingerprint density at radius 3 is 2.40 bits per heavy atom. The minimum atomic E-state index is -0.244. The second-order valence-corrected chi connectivity index (χ2v) is 7.00. The molecule has 7 nitrogen and oxygen atoms in total. The Bertz CT molecular complexity index is 1030. The molecule has 1 aliphatic rings. The number of ether oxygens (including phenoxy) is 3. The van der Waals surface area contributed by atoms with Crippen molar-refractivity contribution in [2.45, 2.75) is 12.6 Å². The van der Waals surface area contributed by atoms with Crippen LogP contribution in [0.1, 0.15) is 17.3 Å². The average Bonchev–Trinajstić information content (AvgIpc) is 3.27. The third-order valence-corrected chi connectivity index (χ3v) is 5.36. The maximum atomic E-state index is 13.2. The summed E-state index contributed by atoms with van der Waals surface area (Å²) in [5.74, 6) is 2.03. The van der Waals surface area contributed by atoms with Crippen molar-refractivity contribution < 1.29 is 19.0 Å². The highest BCUT2D eigenvalue weighted by atomic mass is 16.5. The van der Waals surface area contributed by atoms with Crippen LogP contribution in [0, 0.1) is 0 Å². The fourth-order valence-corrected chi connectivity index (χ4v) is 3.85. The smallest absolute Gasteiger partial charge is 0.322 e. The van der Waals surface area contributed by atoms with Crippen LogP contribution in [0.15, 0.2) is 60.8 Å². The van der Waals surface area contributed by atoms with Gasteiger partial charge in [0, 0.05) is 30.7 Å². The third-order valence-electron chi connectivity index (χ3n) is 5.36. The molecule has 1 N–H and O–H groups in total. The van der Waals surface area contributed by atoms with Gasteiger partial charge in [0.25, 0.3) is 0 Å². The number of rotatable bonds is 5. The van der Waals surface area contributed by atoms with Gasteiger partial charge in [-0.1, -0.05) is 6.07 Å². The molecule has 2 aromatic carbocycles. The summed E-state index contributed by atoms with van der Waals surface area (Å²) >= 11 is 0. The van der Waals surface area contributed by atoms with Gasteiger partial charge in [-0.15, -0.1) is 0 Å². The number of aromatic nitrogens is 1. The van der Waals surface area contributed by atoms with Crippen LogP contribution in [-0.4, -0.2) is 43.4 Å². The van der Waals surface area contributed by atoms with Gasteiger partial charge in [0.15, 0.2) is 11.5 Å². The maximum Gasteiger partial charge on any atom is 0.322 e. The van der Waals surface area contributed by atoms with E-state index in [1.807, 2.05) is 65.7 Å². The molecule has 3 aromatic rings. The number of urea groups is 1. The van der Waals surface area contributed by atoms with Gasteiger partial charge in [-0.25, -0.2) is 4.79 Å². The van der Waals surface area contributed by atoms with Crippen LogP contribution in [0.4, 0.5) is 10.5 Å². The normalized spacial score (nSPS) is 15.3. The Kier molecular flexibility index (Phi) is 5.52. The summed E-state index contributed by atoms with van der Waals surface area (Å²) in [6.45, 7) is 1.32. The van der Waals surface area contributed by atoms with E-state index in [1.54, 1.807) is 21.3 Å². The van der Waals surface area contributed by atoms with Crippen molar-refractivity contribution >= 4 is 11.7 Å². The van der Waals surface area contributed by atoms with Crippen molar-refractivity contribution in [3.05, 3.63) is 72.1 Å². The zero-order chi connectivity index (χ0) is 21.1. The third kappa shape index (κ3) is 3.66. The van der Waals surface area contributed by atoms with Gasteiger partial charge in [-0.2, -0.15) is 0 Å². The molecule has 7 heteroatoms. The minimum absolute atomic E-state index is 0.160. The Hall–Kier alpha value is -3.61. The molecule has 0 radical (unpaired) electrons. The summed E-state index contributed by atoms with van der Waals surface area (Å²) in [6.07, 6.45) is 2.04. The second kappa shape index (κ2) is 8.41. The molecule has 2 amide bonds. The van der Waals surface area contributed by atoms with E-state index < -0.39 is 0 Å². The van der Waals surface area contributed by atoms with Crippen LogP contribution in [0.25, 0.3) is 0 Å². The van der Waals surface area contributed by atoms with E-state index in [0.717, 1.165) is 23.6 Å². The first-order valence-electron chi connectivity index (χ1n) is 9.73. The maximum absolute atomic E-state index is 13.2. The van der Waals surface area contributed by atoms with Gasteiger partial charge in [0.2, 0.25) is 0 Å². The predicted octanol–water partition coefficient (Wildman–Crippen LogP) is 4.15. The van der Waals surface area contributed by atoms with Gasteiger partial charge in [0.1, 0.15) is 5.75 Å². The van der Waals surface area contributed by atoms with Gasteiger partial charge >= 0.3 is 6.03 Å². The predicted molar refractivity (Wildman–Crippen MR) is 115 cm³/mol. The van der Waals surface area contributed by atoms with E-state index in [1.165, 1.54) is 0 Å². The van der Waals surface area contributed by atoms with Crippen molar-refractivity contribution in [1.82, 2.24) is 9.47 Å². The molecular formula is C23H25N3O4. The number of methoxy groups -OCH3 is 3. The Labute approximate surface area is 175 Å². The number of fused-ring (bicyclic) bond motifs is 1. The van der Waals surface area contributed by atoms with Crippen molar-refractivity contribution in [1.29, 1.82) is 0 Å². The second-order valence-electron chi connectivity index (χ2n) is 7.00. The lowest BCUT2D eigenvalue weighted by Crippen LogP contribution is -2.44. The number of hydrogen-bond acceptors (Lipinski definition) is 4. The summed E-state index contributed by atoms with van der Waals surface area (Å²) in [4.78, 5) is 15.1. The number of benzene rings is 2.